The van der Waals surface area contributed by atoms with Crippen LogP contribution in [0.15, 0.2) is 99.3 Å². The van der Waals surface area contributed by atoms with Crippen molar-refractivity contribution < 1.29 is 27.3 Å². The Bertz CT molecular complexity index is 1880. The van der Waals surface area contributed by atoms with E-state index in [1.807, 2.05) is 30.3 Å². The standard InChI is InChI=1S/C28H23N5O7S2/c1-31(18-19-6-4-3-5-7-19)42(37,38)23-12-8-20(9-13-23)27(34)32(29-17-22-11-15-26(40-22)33(35)36)28-30-24-14-10-21(39-2)16-25(24)41-28/h3-17H,18H2,1-2H3/b29-17+. The van der Waals surface area contributed by atoms with Gasteiger partial charge in [0.05, 0.1) is 34.5 Å². The van der Waals surface area contributed by atoms with E-state index in [0.29, 0.717) is 11.3 Å². The van der Waals surface area contributed by atoms with E-state index in [2.05, 4.69) is 10.1 Å². The average Bonchev–Trinajstić information content (AvgIpc) is 3.65. The van der Waals surface area contributed by atoms with Crippen LogP contribution in [0.2, 0.25) is 0 Å². The van der Waals surface area contributed by atoms with Crippen molar-refractivity contribution in [2.45, 2.75) is 11.4 Å². The summed E-state index contributed by atoms with van der Waals surface area (Å²) < 4.78 is 38.7. The van der Waals surface area contributed by atoms with Crippen LogP contribution in [0, 0.1) is 10.1 Å². The zero-order valence-electron chi connectivity index (χ0n) is 22.3. The van der Waals surface area contributed by atoms with Gasteiger partial charge in [0, 0.05) is 19.2 Å². The molecule has 2 heterocycles. The minimum Gasteiger partial charge on any atom is -0.497 e. The van der Waals surface area contributed by atoms with E-state index in [9.17, 15) is 23.3 Å². The molecule has 0 N–H and O–H groups in total. The molecule has 42 heavy (non-hydrogen) atoms. The Labute approximate surface area is 244 Å². The quantitative estimate of drug-likeness (QED) is 0.118. The van der Waals surface area contributed by atoms with Crippen LogP contribution in [0.4, 0.5) is 11.0 Å². The molecule has 14 heteroatoms. The van der Waals surface area contributed by atoms with Crippen molar-refractivity contribution in [2.24, 2.45) is 5.10 Å². The van der Waals surface area contributed by atoms with E-state index in [1.54, 1.807) is 18.2 Å². The molecule has 0 saturated carbocycles. The van der Waals surface area contributed by atoms with Crippen LogP contribution in [0.1, 0.15) is 21.7 Å². The summed E-state index contributed by atoms with van der Waals surface area (Å²) in [5, 5.41) is 16.5. The highest BCUT2D eigenvalue weighted by atomic mass is 32.2. The highest BCUT2D eigenvalue weighted by Crippen LogP contribution is 2.32. The Hall–Kier alpha value is -4.92. The number of aromatic nitrogens is 1. The van der Waals surface area contributed by atoms with Gasteiger partial charge in [0.2, 0.25) is 15.2 Å². The highest BCUT2D eigenvalue weighted by Gasteiger charge is 2.25. The number of hydrazone groups is 1. The monoisotopic (exact) mass is 605 g/mol. The molecule has 0 saturated heterocycles. The summed E-state index contributed by atoms with van der Waals surface area (Å²) in [6.07, 6.45) is 1.16. The molecule has 5 rings (SSSR count). The summed E-state index contributed by atoms with van der Waals surface area (Å²) in [7, 11) is -0.816. The number of carbonyl (C=O) groups excluding carboxylic acids is 1. The van der Waals surface area contributed by atoms with Gasteiger partial charge < -0.3 is 9.15 Å². The third kappa shape index (κ3) is 6.05. The van der Waals surface area contributed by atoms with E-state index in [4.69, 9.17) is 9.15 Å². The Morgan fingerprint density at radius 2 is 1.83 bits per heavy atom. The van der Waals surface area contributed by atoms with Crippen molar-refractivity contribution >= 4 is 54.7 Å². The van der Waals surface area contributed by atoms with Crippen molar-refractivity contribution in [3.8, 4) is 5.75 Å². The minimum atomic E-state index is -3.84. The lowest BCUT2D eigenvalue weighted by atomic mass is 10.2. The predicted octanol–water partition coefficient (Wildman–Crippen LogP) is 5.31. The number of furan rings is 1. The normalized spacial score (nSPS) is 11.8. The van der Waals surface area contributed by atoms with Crippen molar-refractivity contribution in [3.05, 3.63) is 112 Å². The van der Waals surface area contributed by atoms with E-state index in [-0.39, 0.29) is 27.9 Å². The summed E-state index contributed by atoms with van der Waals surface area (Å²) in [5.74, 6) is -0.434. The number of thiazole rings is 1. The second-order valence-electron chi connectivity index (χ2n) is 8.90. The van der Waals surface area contributed by atoms with Crippen LogP contribution in [-0.4, -0.2) is 48.9 Å². The maximum absolute atomic E-state index is 13.7. The van der Waals surface area contributed by atoms with Gasteiger partial charge >= 0.3 is 5.88 Å². The molecule has 0 atom stereocenters. The molecule has 3 aromatic carbocycles. The summed E-state index contributed by atoms with van der Waals surface area (Å²) in [6.45, 7) is 0.180. The van der Waals surface area contributed by atoms with Crippen LogP contribution in [0.25, 0.3) is 10.2 Å². The van der Waals surface area contributed by atoms with Crippen LogP contribution in [-0.2, 0) is 16.6 Å². The van der Waals surface area contributed by atoms with Crippen LogP contribution in [0.5, 0.6) is 5.75 Å². The number of sulfonamides is 1. The van der Waals surface area contributed by atoms with Crippen LogP contribution < -0.4 is 9.75 Å². The van der Waals surface area contributed by atoms with Crippen LogP contribution >= 0.6 is 11.3 Å². The van der Waals surface area contributed by atoms with E-state index >= 15 is 0 Å². The molecule has 12 nitrogen and oxygen atoms in total. The number of ether oxygens (including phenoxy) is 1. The molecule has 2 aromatic heterocycles. The number of nitrogens with zero attached hydrogens (tertiary/aromatic N) is 5. The Morgan fingerprint density at radius 3 is 2.50 bits per heavy atom. The number of methoxy groups -OCH3 is 1. The SMILES string of the molecule is COc1ccc2nc(N(/N=C/c3ccc([N+](=O)[O-])o3)C(=O)c3ccc(S(=O)(=O)N(C)Cc4ccccc4)cc3)sc2c1. The first-order valence-electron chi connectivity index (χ1n) is 12.3. The van der Waals surface area contributed by atoms with Gasteiger partial charge in [-0.25, -0.2) is 13.4 Å². The van der Waals surface area contributed by atoms with Crippen LogP contribution in [0.3, 0.4) is 0 Å². The largest absolute Gasteiger partial charge is 0.497 e. The van der Waals surface area contributed by atoms with E-state index in [1.165, 1.54) is 66.2 Å². The van der Waals surface area contributed by atoms with Crippen molar-refractivity contribution in [2.75, 3.05) is 19.2 Å². The number of nitro groups is 1. The number of anilines is 1. The van der Waals surface area contributed by atoms with Crippen molar-refractivity contribution in [1.82, 2.24) is 9.29 Å². The molecule has 0 aliphatic heterocycles. The lowest BCUT2D eigenvalue weighted by molar-refractivity contribution is -0.402. The fourth-order valence-corrected chi connectivity index (χ4v) is 6.03. The van der Waals surface area contributed by atoms with Gasteiger partial charge in [-0.05, 0) is 54.1 Å². The van der Waals surface area contributed by atoms with Gasteiger partial charge in [-0.1, -0.05) is 41.7 Å². The first-order chi connectivity index (χ1) is 20.2. The number of hydrogen-bond acceptors (Lipinski definition) is 10. The third-order valence-electron chi connectivity index (χ3n) is 6.11. The Kier molecular flexibility index (Phi) is 8.10. The number of fused-ring (bicyclic) bond motifs is 1. The maximum atomic E-state index is 13.7. The van der Waals surface area contributed by atoms with Crippen molar-refractivity contribution in [1.29, 1.82) is 0 Å². The van der Waals surface area contributed by atoms with Gasteiger partial charge in [-0.3, -0.25) is 14.9 Å². The first-order valence-corrected chi connectivity index (χ1v) is 14.6. The van der Waals surface area contributed by atoms with Gasteiger partial charge in [-0.15, -0.1) is 0 Å². The fraction of sp³-hybridized carbons (Fsp3) is 0.107. The maximum Gasteiger partial charge on any atom is 0.433 e. The number of rotatable bonds is 10. The molecule has 0 spiro atoms. The number of hydrogen-bond donors (Lipinski definition) is 0. The molecular weight excluding hydrogens is 582 g/mol. The topological polar surface area (TPSA) is 148 Å². The highest BCUT2D eigenvalue weighted by molar-refractivity contribution is 7.89. The Balaban J connectivity index is 1.45. The zero-order chi connectivity index (χ0) is 29.9. The molecule has 0 radical (unpaired) electrons. The molecule has 0 bridgehead atoms. The Morgan fingerprint density at radius 1 is 1.10 bits per heavy atom. The molecule has 1 amide bonds. The van der Waals surface area contributed by atoms with E-state index < -0.39 is 26.7 Å². The minimum absolute atomic E-state index is 0.0162. The molecule has 0 unspecified atom stereocenters. The van der Waals surface area contributed by atoms with E-state index in [0.717, 1.165) is 21.5 Å². The molecule has 0 fully saturated rings. The van der Waals surface area contributed by atoms with Gasteiger partial charge in [0.25, 0.3) is 5.91 Å². The molecule has 0 aliphatic carbocycles. The fourth-order valence-electron chi connectivity index (χ4n) is 3.92. The molecule has 214 valence electrons. The predicted molar refractivity (Wildman–Crippen MR) is 157 cm³/mol. The van der Waals surface area contributed by atoms with Gasteiger partial charge in [0.1, 0.15) is 10.7 Å². The first kappa shape index (κ1) is 28.6. The van der Waals surface area contributed by atoms with Gasteiger partial charge in [-0.2, -0.15) is 14.4 Å². The van der Waals surface area contributed by atoms with Gasteiger partial charge in [0.15, 0.2) is 5.76 Å². The average molecular weight is 606 g/mol. The summed E-state index contributed by atoms with van der Waals surface area (Å²) in [4.78, 5) is 28.5. The van der Waals surface area contributed by atoms with Crippen molar-refractivity contribution in [3.63, 3.8) is 0 Å². The summed E-state index contributed by atoms with van der Waals surface area (Å²) in [6, 6.07) is 22.4. The number of benzene rings is 3. The number of carbonyl (C=O) groups is 1. The smallest absolute Gasteiger partial charge is 0.433 e. The zero-order valence-corrected chi connectivity index (χ0v) is 23.9. The lowest BCUT2D eigenvalue weighted by Crippen LogP contribution is -2.27. The second kappa shape index (κ2) is 11.9. The molecule has 0 aliphatic rings. The lowest BCUT2D eigenvalue weighted by Gasteiger charge is -2.18. The third-order valence-corrected chi connectivity index (χ3v) is 8.92. The second-order valence-corrected chi connectivity index (χ2v) is 11.9. The molecular formula is C28H23N5O7S2. The summed E-state index contributed by atoms with van der Waals surface area (Å²) in [5.41, 5.74) is 1.57. The number of amides is 1. The molecule has 5 aromatic rings. The summed E-state index contributed by atoms with van der Waals surface area (Å²) >= 11 is 1.17.